The second-order valence-electron chi connectivity index (χ2n) is 4.83. The average Bonchev–Trinajstić information content (AvgIpc) is 2.33. The van der Waals surface area contributed by atoms with E-state index in [2.05, 4.69) is 15.3 Å². The second-order valence-corrected chi connectivity index (χ2v) is 4.83. The molecule has 0 aliphatic rings. The number of hydrogen-bond acceptors (Lipinski definition) is 5. The number of nitrogens with zero attached hydrogens (tertiary/aromatic N) is 2. The number of anilines is 1. The van der Waals surface area contributed by atoms with Gasteiger partial charge in [0.2, 0.25) is 5.88 Å². The highest BCUT2D eigenvalue weighted by Gasteiger charge is 2.07. The van der Waals surface area contributed by atoms with Crippen LogP contribution in [-0.4, -0.2) is 33.7 Å². The summed E-state index contributed by atoms with van der Waals surface area (Å²) in [7, 11) is 0. The van der Waals surface area contributed by atoms with Gasteiger partial charge in [0, 0.05) is 19.0 Å². The molecule has 1 aromatic heterocycles. The summed E-state index contributed by atoms with van der Waals surface area (Å²) in [5, 5.41) is 11.8. The van der Waals surface area contributed by atoms with Gasteiger partial charge in [0.1, 0.15) is 12.1 Å². The molecule has 6 heteroatoms. The summed E-state index contributed by atoms with van der Waals surface area (Å²) >= 11 is 0. The average molecular weight is 267 g/mol. The van der Waals surface area contributed by atoms with Crippen LogP contribution in [0.3, 0.4) is 0 Å². The van der Waals surface area contributed by atoms with Gasteiger partial charge in [-0.3, -0.25) is 4.79 Å². The van der Waals surface area contributed by atoms with Crippen LogP contribution in [0.4, 0.5) is 5.82 Å². The van der Waals surface area contributed by atoms with E-state index in [9.17, 15) is 4.79 Å². The number of carbonyl (C=O) groups is 1. The molecule has 6 nitrogen and oxygen atoms in total. The molecule has 0 amide bonds. The predicted molar refractivity (Wildman–Crippen MR) is 72.3 cm³/mol. The lowest BCUT2D eigenvalue weighted by molar-refractivity contribution is -0.137. The molecule has 2 N–H and O–H groups in total. The Kier molecular flexibility index (Phi) is 6.05. The van der Waals surface area contributed by atoms with E-state index in [-0.39, 0.29) is 18.4 Å². The fourth-order valence-corrected chi connectivity index (χ4v) is 1.49. The highest BCUT2D eigenvalue weighted by atomic mass is 16.5. The molecule has 0 bridgehead atoms. The van der Waals surface area contributed by atoms with Crippen molar-refractivity contribution >= 4 is 11.8 Å². The van der Waals surface area contributed by atoms with Gasteiger partial charge in [0.15, 0.2) is 0 Å². The summed E-state index contributed by atoms with van der Waals surface area (Å²) < 4.78 is 5.47. The van der Waals surface area contributed by atoms with E-state index in [4.69, 9.17) is 9.84 Å². The molecule has 19 heavy (non-hydrogen) atoms. The molecule has 0 saturated heterocycles. The van der Waals surface area contributed by atoms with E-state index in [0.717, 1.165) is 0 Å². The highest BCUT2D eigenvalue weighted by Crippen LogP contribution is 2.14. The first-order chi connectivity index (χ1) is 8.97. The van der Waals surface area contributed by atoms with Crippen molar-refractivity contribution < 1.29 is 14.6 Å². The van der Waals surface area contributed by atoms with Gasteiger partial charge >= 0.3 is 5.97 Å². The molecule has 0 saturated carbocycles. The van der Waals surface area contributed by atoms with Crippen molar-refractivity contribution in [1.82, 2.24) is 9.97 Å². The van der Waals surface area contributed by atoms with Crippen LogP contribution in [0.5, 0.6) is 5.88 Å². The van der Waals surface area contributed by atoms with Gasteiger partial charge in [0.25, 0.3) is 0 Å². The van der Waals surface area contributed by atoms with Crippen molar-refractivity contribution in [2.24, 2.45) is 5.92 Å². The van der Waals surface area contributed by atoms with Crippen molar-refractivity contribution in [1.29, 1.82) is 0 Å². The molecule has 1 unspecified atom stereocenters. The fraction of sp³-hybridized carbons (Fsp3) is 0.615. The Balaban J connectivity index is 2.42. The quantitative estimate of drug-likeness (QED) is 0.751. The van der Waals surface area contributed by atoms with E-state index >= 15 is 0 Å². The van der Waals surface area contributed by atoms with E-state index in [0.29, 0.717) is 24.7 Å². The van der Waals surface area contributed by atoms with E-state index in [1.54, 1.807) is 6.07 Å². The van der Waals surface area contributed by atoms with Crippen LogP contribution in [0.2, 0.25) is 0 Å². The van der Waals surface area contributed by atoms with Gasteiger partial charge in [0.05, 0.1) is 6.10 Å². The first-order valence-corrected chi connectivity index (χ1v) is 6.41. The van der Waals surface area contributed by atoms with Crippen molar-refractivity contribution in [2.45, 2.75) is 39.7 Å². The van der Waals surface area contributed by atoms with Gasteiger partial charge in [-0.05, 0) is 26.2 Å². The molecule has 1 aromatic rings. The van der Waals surface area contributed by atoms with E-state index in [1.807, 2.05) is 20.8 Å². The number of nitrogens with one attached hydrogen (secondary N) is 1. The summed E-state index contributed by atoms with van der Waals surface area (Å²) in [5.74, 6) is 0.723. The van der Waals surface area contributed by atoms with Crippen molar-refractivity contribution in [3.05, 3.63) is 12.4 Å². The smallest absolute Gasteiger partial charge is 0.303 e. The van der Waals surface area contributed by atoms with E-state index in [1.165, 1.54) is 6.33 Å². The summed E-state index contributed by atoms with van der Waals surface area (Å²) in [6.45, 7) is 6.54. The number of aromatic nitrogens is 2. The van der Waals surface area contributed by atoms with Gasteiger partial charge < -0.3 is 15.2 Å². The van der Waals surface area contributed by atoms with E-state index < -0.39 is 5.97 Å². The molecule has 0 aliphatic heterocycles. The van der Waals surface area contributed by atoms with Crippen LogP contribution in [0.25, 0.3) is 0 Å². The van der Waals surface area contributed by atoms with Crippen LogP contribution >= 0.6 is 0 Å². The molecule has 106 valence electrons. The minimum absolute atomic E-state index is 0.0669. The minimum atomic E-state index is -0.762. The molecular formula is C13H21N3O3. The maximum Gasteiger partial charge on any atom is 0.303 e. The number of aliphatic carboxylic acids is 1. The fourth-order valence-electron chi connectivity index (χ4n) is 1.49. The highest BCUT2D eigenvalue weighted by molar-refractivity contribution is 5.66. The predicted octanol–water partition coefficient (Wildman–Crippen LogP) is 2.18. The first-order valence-electron chi connectivity index (χ1n) is 6.41. The Morgan fingerprint density at radius 1 is 1.42 bits per heavy atom. The zero-order chi connectivity index (χ0) is 14.3. The maximum absolute atomic E-state index is 10.5. The molecule has 0 aromatic carbocycles. The molecular weight excluding hydrogens is 246 g/mol. The number of ether oxygens (including phenoxy) is 1. The topological polar surface area (TPSA) is 84.3 Å². The number of carboxylic acids is 1. The molecule has 0 aliphatic carbocycles. The number of rotatable bonds is 8. The summed E-state index contributed by atoms with van der Waals surface area (Å²) in [4.78, 5) is 18.6. The zero-order valence-electron chi connectivity index (χ0n) is 11.6. The summed E-state index contributed by atoms with van der Waals surface area (Å²) in [6, 6.07) is 1.74. The third-order valence-electron chi connectivity index (χ3n) is 2.48. The van der Waals surface area contributed by atoms with Crippen LogP contribution in [0.1, 0.15) is 33.6 Å². The third-order valence-corrected chi connectivity index (χ3v) is 2.48. The van der Waals surface area contributed by atoms with Crippen LogP contribution in [0, 0.1) is 5.92 Å². The third kappa shape index (κ3) is 6.59. The normalized spacial score (nSPS) is 12.2. The summed E-state index contributed by atoms with van der Waals surface area (Å²) in [6.07, 6.45) is 2.34. The Labute approximate surface area is 113 Å². The van der Waals surface area contributed by atoms with Crippen molar-refractivity contribution in [3.8, 4) is 5.88 Å². The number of hydrogen-bond donors (Lipinski definition) is 2. The lowest BCUT2D eigenvalue weighted by Crippen LogP contribution is -2.14. The lowest BCUT2D eigenvalue weighted by atomic mass is 10.1. The monoisotopic (exact) mass is 267 g/mol. The Morgan fingerprint density at radius 3 is 2.79 bits per heavy atom. The van der Waals surface area contributed by atoms with Crippen LogP contribution in [0.15, 0.2) is 12.4 Å². The molecule has 0 fully saturated rings. The summed E-state index contributed by atoms with van der Waals surface area (Å²) in [5.41, 5.74) is 0. The maximum atomic E-state index is 10.5. The van der Waals surface area contributed by atoms with Crippen molar-refractivity contribution in [2.75, 3.05) is 11.9 Å². The molecule has 0 spiro atoms. The van der Waals surface area contributed by atoms with Gasteiger partial charge in [-0.15, -0.1) is 0 Å². The standard InChI is InChI=1S/C13H21N3O3/c1-9(2)19-12-6-11(15-8-16-12)14-7-10(3)4-5-13(17)18/h6,8-10H,4-5,7H2,1-3H3,(H,17,18)(H,14,15,16). The molecule has 1 rings (SSSR count). The van der Waals surface area contributed by atoms with Crippen LogP contribution in [-0.2, 0) is 4.79 Å². The number of carboxylic acid groups (broad SMARTS) is 1. The van der Waals surface area contributed by atoms with Crippen molar-refractivity contribution in [3.63, 3.8) is 0 Å². The van der Waals surface area contributed by atoms with Gasteiger partial charge in [-0.2, -0.15) is 0 Å². The largest absolute Gasteiger partial charge is 0.481 e. The Morgan fingerprint density at radius 2 is 2.16 bits per heavy atom. The minimum Gasteiger partial charge on any atom is -0.481 e. The lowest BCUT2D eigenvalue weighted by Gasteiger charge is -2.13. The first kappa shape index (κ1) is 15.2. The second kappa shape index (κ2) is 7.56. The molecule has 0 radical (unpaired) electrons. The van der Waals surface area contributed by atoms with Gasteiger partial charge in [-0.25, -0.2) is 9.97 Å². The molecule has 1 heterocycles. The van der Waals surface area contributed by atoms with Gasteiger partial charge in [-0.1, -0.05) is 6.92 Å². The zero-order valence-corrected chi connectivity index (χ0v) is 11.6. The molecule has 1 atom stereocenters. The van der Waals surface area contributed by atoms with Crippen LogP contribution < -0.4 is 10.1 Å². The SMILES string of the molecule is CC(CCC(=O)O)CNc1cc(OC(C)C)ncn1. The Hall–Kier alpha value is -1.85. The Bertz CT molecular complexity index is 410.